The van der Waals surface area contributed by atoms with E-state index in [2.05, 4.69) is 5.32 Å². The number of aliphatic carboxylic acids is 1. The fraction of sp³-hybridized carbons (Fsp3) is 0.818. The molecule has 2 unspecified atom stereocenters. The van der Waals surface area contributed by atoms with Crippen LogP contribution in [-0.4, -0.2) is 42.9 Å². The summed E-state index contributed by atoms with van der Waals surface area (Å²) in [5.74, 6) is -1.44. The lowest BCUT2D eigenvalue weighted by molar-refractivity contribution is -0.142. The van der Waals surface area contributed by atoms with Gasteiger partial charge in [-0.25, -0.2) is 13.2 Å². The average molecular weight is 277 g/mol. The Hall–Kier alpha value is -1.11. The molecule has 1 rings (SSSR count). The quantitative estimate of drug-likeness (QED) is 0.721. The first-order chi connectivity index (χ1) is 8.34. The molecule has 0 aromatic carbocycles. The van der Waals surface area contributed by atoms with Crippen LogP contribution in [0.15, 0.2) is 0 Å². The van der Waals surface area contributed by atoms with Gasteiger partial charge in [0.15, 0.2) is 9.84 Å². The van der Waals surface area contributed by atoms with Crippen molar-refractivity contribution < 1.29 is 23.1 Å². The Morgan fingerprint density at radius 1 is 1.44 bits per heavy atom. The molecular weight excluding hydrogens is 258 g/mol. The zero-order chi connectivity index (χ0) is 13.8. The van der Waals surface area contributed by atoms with Gasteiger partial charge in [0.25, 0.3) is 0 Å². The van der Waals surface area contributed by atoms with Crippen LogP contribution < -0.4 is 5.32 Å². The highest BCUT2D eigenvalue weighted by molar-refractivity contribution is 7.91. The topological polar surface area (TPSA) is 101 Å². The number of carboxylic acid groups (broad SMARTS) is 1. The second kappa shape index (κ2) is 6.17. The van der Waals surface area contributed by atoms with Crippen LogP contribution in [0.2, 0.25) is 0 Å². The van der Waals surface area contributed by atoms with Crippen molar-refractivity contribution in [2.24, 2.45) is 5.92 Å². The molecule has 7 heteroatoms. The van der Waals surface area contributed by atoms with Crippen molar-refractivity contribution in [1.29, 1.82) is 0 Å². The van der Waals surface area contributed by atoms with Crippen molar-refractivity contribution in [2.75, 3.05) is 11.5 Å². The number of rotatable bonds is 6. The van der Waals surface area contributed by atoms with Crippen molar-refractivity contribution >= 4 is 21.7 Å². The maximum absolute atomic E-state index is 11.6. The number of hydrogen-bond donors (Lipinski definition) is 2. The van der Waals surface area contributed by atoms with Crippen LogP contribution in [0.5, 0.6) is 0 Å². The van der Waals surface area contributed by atoms with Crippen molar-refractivity contribution in [2.45, 2.75) is 38.6 Å². The molecular formula is C11H19NO5S. The van der Waals surface area contributed by atoms with Gasteiger partial charge < -0.3 is 10.4 Å². The lowest BCUT2D eigenvalue weighted by Crippen LogP contribution is -2.41. The fourth-order valence-corrected chi connectivity index (χ4v) is 3.96. The summed E-state index contributed by atoms with van der Waals surface area (Å²) < 4.78 is 22.5. The zero-order valence-corrected chi connectivity index (χ0v) is 11.2. The van der Waals surface area contributed by atoms with Crippen LogP contribution in [0, 0.1) is 5.92 Å². The van der Waals surface area contributed by atoms with Gasteiger partial charge in [-0.2, -0.15) is 0 Å². The molecule has 0 bridgehead atoms. The molecule has 6 nitrogen and oxygen atoms in total. The number of amides is 1. The molecule has 1 heterocycles. The monoisotopic (exact) mass is 277 g/mol. The molecule has 0 aromatic rings. The molecule has 1 fully saturated rings. The van der Waals surface area contributed by atoms with Gasteiger partial charge in [-0.05, 0) is 18.8 Å². The minimum Gasteiger partial charge on any atom is -0.480 e. The molecule has 0 radical (unpaired) electrons. The van der Waals surface area contributed by atoms with Gasteiger partial charge in [-0.3, -0.25) is 4.79 Å². The summed E-state index contributed by atoms with van der Waals surface area (Å²) >= 11 is 0. The van der Waals surface area contributed by atoms with Crippen molar-refractivity contribution in [1.82, 2.24) is 5.32 Å². The summed E-state index contributed by atoms with van der Waals surface area (Å²) in [4.78, 5) is 22.5. The molecule has 0 spiro atoms. The van der Waals surface area contributed by atoms with E-state index in [-0.39, 0.29) is 29.8 Å². The number of carboxylic acids is 1. The van der Waals surface area contributed by atoms with Gasteiger partial charge in [-0.1, -0.05) is 13.3 Å². The third kappa shape index (κ3) is 4.64. The standard InChI is InChI=1S/C11H19NO5S/c1-2-3-9(11(14)15)12-10(13)6-8-4-5-18(16,17)7-8/h8-9H,2-7H2,1H3,(H,12,13)(H,14,15). The number of sulfone groups is 1. The van der Waals surface area contributed by atoms with E-state index >= 15 is 0 Å². The van der Waals surface area contributed by atoms with Gasteiger partial charge >= 0.3 is 5.97 Å². The maximum Gasteiger partial charge on any atom is 0.326 e. The Balaban J connectivity index is 2.44. The van der Waals surface area contributed by atoms with E-state index in [9.17, 15) is 18.0 Å². The van der Waals surface area contributed by atoms with Crippen molar-refractivity contribution in [3.05, 3.63) is 0 Å². The summed E-state index contributed by atoms with van der Waals surface area (Å²) in [5.41, 5.74) is 0. The molecule has 1 aliphatic rings. The van der Waals surface area contributed by atoms with Crippen LogP contribution in [0.25, 0.3) is 0 Å². The number of hydrogen-bond acceptors (Lipinski definition) is 4. The normalized spacial score (nSPS) is 23.5. The summed E-state index contributed by atoms with van der Waals surface area (Å²) in [6, 6.07) is -0.875. The Morgan fingerprint density at radius 2 is 2.11 bits per heavy atom. The predicted molar refractivity (Wildman–Crippen MR) is 65.9 cm³/mol. The Kier molecular flexibility index (Phi) is 5.13. The molecule has 104 valence electrons. The van der Waals surface area contributed by atoms with Crippen LogP contribution in [0.3, 0.4) is 0 Å². The van der Waals surface area contributed by atoms with E-state index < -0.39 is 21.8 Å². The Bertz CT molecular complexity index is 417. The minimum absolute atomic E-state index is 0.0337. The molecule has 0 saturated carbocycles. The molecule has 0 aliphatic carbocycles. The van der Waals surface area contributed by atoms with Gasteiger partial charge in [0, 0.05) is 6.42 Å². The summed E-state index contributed by atoms with van der Waals surface area (Å²) in [6.07, 6.45) is 1.62. The largest absolute Gasteiger partial charge is 0.480 e. The smallest absolute Gasteiger partial charge is 0.326 e. The predicted octanol–water partition coefficient (Wildman–Crippen LogP) is 0.181. The Morgan fingerprint density at radius 3 is 2.56 bits per heavy atom. The fourth-order valence-electron chi connectivity index (χ4n) is 2.09. The second-order valence-corrected chi connectivity index (χ2v) is 6.95. The first-order valence-corrected chi connectivity index (χ1v) is 7.88. The number of carbonyl (C=O) groups excluding carboxylic acids is 1. The Labute approximate surface area is 107 Å². The SMILES string of the molecule is CCCC(NC(=O)CC1CCS(=O)(=O)C1)C(=O)O. The highest BCUT2D eigenvalue weighted by Gasteiger charge is 2.30. The van der Waals surface area contributed by atoms with Crippen LogP contribution >= 0.6 is 0 Å². The van der Waals surface area contributed by atoms with Crippen LogP contribution in [0.4, 0.5) is 0 Å². The van der Waals surface area contributed by atoms with E-state index in [0.29, 0.717) is 19.3 Å². The van der Waals surface area contributed by atoms with Crippen molar-refractivity contribution in [3.63, 3.8) is 0 Å². The van der Waals surface area contributed by atoms with Gasteiger partial charge in [0.05, 0.1) is 11.5 Å². The van der Waals surface area contributed by atoms with E-state index in [1.54, 1.807) is 0 Å². The highest BCUT2D eigenvalue weighted by Crippen LogP contribution is 2.21. The molecule has 18 heavy (non-hydrogen) atoms. The third-order valence-electron chi connectivity index (χ3n) is 3.01. The van der Waals surface area contributed by atoms with E-state index in [0.717, 1.165) is 0 Å². The van der Waals surface area contributed by atoms with Crippen LogP contribution in [-0.2, 0) is 19.4 Å². The van der Waals surface area contributed by atoms with Gasteiger partial charge in [0.2, 0.25) is 5.91 Å². The third-order valence-corrected chi connectivity index (χ3v) is 4.85. The second-order valence-electron chi connectivity index (χ2n) is 4.72. The maximum atomic E-state index is 11.6. The van der Waals surface area contributed by atoms with Crippen LogP contribution in [0.1, 0.15) is 32.6 Å². The number of carbonyl (C=O) groups is 2. The summed E-state index contributed by atoms with van der Waals surface area (Å²) in [6.45, 7) is 1.84. The summed E-state index contributed by atoms with van der Waals surface area (Å²) in [7, 11) is -2.99. The van der Waals surface area contributed by atoms with Gasteiger partial charge in [0.1, 0.15) is 6.04 Å². The first-order valence-electron chi connectivity index (χ1n) is 6.06. The zero-order valence-electron chi connectivity index (χ0n) is 10.4. The molecule has 0 aromatic heterocycles. The van der Waals surface area contributed by atoms with Gasteiger partial charge in [-0.15, -0.1) is 0 Å². The minimum atomic E-state index is -2.99. The van der Waals surface area contributed by atoms with E-state index in [1.807, 2.05) is 6.92 Å². The average Bonchev–Trinajstić information content (AvgIpc) is 2.57. The van der Waals surface area contributed by atoms with E-state index in [4.69, 9.17) is 5.11 Å². The lowest BCUT2D eigenvalue weighted by atomic mass is 10.0. The molecule has 1 saturated heterocycles. The molecule has 2 atom stereocenters. The molecule has 1 amide bonds. The van der Waals surface area contributed by atoms with Crippen molar-refractivity contribution in [3.8, 4) is 0 Å². The summed E-state index contributed by atoms with van der Waals surface area (Å²) in [5, 5.41) is 11.3. The molecule has 2 N–H and O–H groups in total. The molecule has 1 aliphatic heterocycles. The highest BCUT2D eigenvalue weighted by atomic mass is 32.2. The lowest BCUT2D eigenvalue weighted by Gasteiger charge is -2.14. The number of nitrogens with one attached hydrogen (secondary N) is 1. The first kappa shape index (κ1) is 14.9. The van der Waals surface area contributed by atoms with E-state index in [1.165, 1.54) is 0 Å².